The van der Waals surface area contributed by atoms with Gasteiger partial charge in [0.05, 0.1) is 12.4 Å². The van der Waals surface area contributed by atoms with Crippen molar-refractivity contribution in [1.29, 1.82) is 0 Å². The van der Waals surface area contributed by atoms with Crippen molar-refractivity contribution in [1.82, 2.24) is 14.9 Å². The fraction of sp³-hybridized carbons (Fsp3) is 0.615. The molecule has 6 nitrogen and oxygen atoms in total. The SMILES string of the molecule is CN1CCC(C)(CN(C)c2cncc(C(N)=O)n2)C1. The third-order valence-electron chi connectivity index (χ3n) is 3.63. The minimum atomic E-state index is -0.547. The fourth-order valence-electron chi connectivity index (χ4n) is 2.71. The Morgan fingerprint density at radius 2 is 2.32 bits per heavy atom. The zero-order valence-electron chi connectivity index (χ0n) is 11.8. The molecule has 0 radical (unpaired) electrons. The molecule has 19 heavy (non-hydrogen) atoms. The van der Waals surface area contributed by atoms with Crippen molar-refractivity contribution in [3.63, 3.8) is 0 Å². The number of rotatable bonds is 4. The summed E-state index contributed by atoms with van der Waals surface area (Å²) in [6.45, 7) is 5.35. The van der Waals surface area contributed by atoms with Crippen molar-refractivity contribution >= 4 is 11.7 Å². The lowest BCUT2D eigenvalue weighted by Gasteiger charge is -2.30. The summed E-state index contributed by atoms with van der Waals surface area (Å²) in [5, 5.41) is 0. The molecule has 1 aromatic heterocycles. The van der Waals surface area contributed by atoms with Crippen LogP contribution in [0.4, 0.5) is 5.82 Å². The highest BCUT2D eigenvalue weighted by atomic mass is 16.1. The van der Waals surface area contributed by atoms with Gasteiger partial charge in [0.25, 0.3) is 5.91 Å². The van der Waals surface area contributed by atoms with Crippen molar-refractivity contribution in [2.75, 3.05) is 38.6 Å². The summed E-state index contributed by atoms with van der Waals surface area (Å²) < 4.78 is 0. The molecule has 2 N–H and O–H groups in total. The van der Waals surface area contributed by atoms with Crippen LogP contribution in [-0.4, -0.2) is 54.5 Å². The molecule has 2 rings (SSSR count). The Morgan fingerprint density at radius 3 is 2.89 bits per heavy atom. The molecule has 0 bridgehead atoms. The van der Waals surface area contributed by atoms with Gasteiger partial charge in [0.15, 0.2) is 0 Å². The monoisotopic (exact) mass is 263 g/mol. The largest absolute Gasteiger partial charge is 0.364 e. The maximum Gasteiger partial charge on any atom is 0.268 e. The smallest absolute Gasteiger partial charge is 0.268 e. The number of likely N-dealkylation sites (tertiary alicyclic amines) is 1. The normalized spacial score (nSPS) is 23.5. The van der Waals surface area contributed by atoms with Crippen molar-refractivity contribution in [3.8, 4) is 0 Å². The highest BCUT2D eigenvalue weighted by Gasteiger charge is 2.33. The first-order valence-corrected chi connectivity index (χ1v) is 6.41. The van der Waals surface area contributed by atoms with Crippen LogP contribution >= 0.6 is 0 Å². The number of carbonyl (C=O) groups is 1. The summed E-state index contributed by atoms with van der Waals surface area (Å²) in [6.07, 6.45) is 4.22. The first-order valence-electron chi connectivity index (χ1n) is 6.41. The van der Waals surface area contributed by atoms with Gasteiger partial charge in [0, 0.05) is 20.1 Å². The molecule has 104 valence electrons. The second-order valence-electron chi connectivity index (χ2n) is 5.78. The predicted octanol–water partition coefficient (Wildman–Crippen LogP) is 0.354. The van der Waals surface area contributed by atoms with Gasteiger partial charge in [-0.15, -0.1) is 0 Å². The molecule has 1 aliphatic heterocycles. The minimum absolute atomic E-state index is 0.207. The van der Waals surface area contributed by atoms with Gasteiger partial charge in [-0.3, -0.25) is 9.78 Å². The molecule has 0 spiro atoms. The number of nitrogens with zero attached hydrogens (tertiary/aromatic N) is 4. The van der Waals surface area contributed by atoms with Crippen LogP contribution in [0.15, 0.2) is 12.4 Å². The zero-order chi connectivity index (χ0) is 14.0. The van der Waals surface area contributed by atoms with E-state index < -0.39 is 5.91 Å². The van der Waals surface area contributed by atoms with Gasteiger partial charge >= 0.3 is 0 Å². The third-order valence-corrected chi connectivity index (χ3v) is 3.63. The Labute approximate surface area is 113 Å². The minimum Gasteiger partial charge on any atom is -0.364 e. The molecule has 1 fully saturated rings. The molecule has 0 aromatic carbocycles. The third kappa shape index (κ3) is 3.20. The van der Waals surface area contributed by atoms with Crippen LogP contribution in [0.3, 0.4) is 0 Å². The van der Waals surface area contributed by atoms with Gasteiger partial charge in [0.2, 0.25) is 0 Å². The van der Waals surface area contributed by atoms with E-state index in [0.29, 0.717) is 5.82 Å². The van der Waals surface area contributed by atoms with Crippen LogP contribution in [0, 0.1) is 5.41 Å². The second-order valence-corrected chi connectivity index (χ2v) is 5.78. The van der Waals surface area contributed by atoms with E-state index in [0.717, 1.165) is 26.1 Å². The highest BCUT2D eigenvalue weighted by Crippen LogP contribution is 2.30. The molecule has 1 aliphatic rings. The van der Waals surface area contributed by atoms with Gasteiger partial charge < -0.3 is 15.5 Å². The van der Waals surface area contributed by atoms with Crippen LogP contribution in [0.25, 0.3) is 0 Å². The van der Waals surface area contributed by atoms with Crippen LogP contribution in [0.2, 0.25) is 0 Å². The Kier molecular flexibility index (Phi) is 3.71. The van der Waals surface area contributed by atoms with Crippen LogP contribution in [0.5, 0.6) is 0 Å². The zero-order valence-corrected chi connectivity index (χ0v) is 11.8. The van der Waals surface area contributed by atoms with E-state index in [9.17, 15) is 4.79 Å². The van der Waals surface area contributed by atoms with Crippen molar-refractivity contribution < 1.29 is 4.79 Å². The van der Waals surface area contributed by atoms with E-state index in [2.05, 4.69) is 28.8 Å². The standard InChI is InChI=1S/C13H21N5O/c1-13(4-5-17(2)8-13)9-18(3)11-7-15-6-10(16-11)12(14)19/h6-7H,4-5,8-9H2,1-3H3,(H2,14,19). The number of nitrogens with two attached hydrogens (primary N) is 1. The van der Waals surface area contributed by atoms with E-state index in [1.807, 2.05) is 11.9 Å². The predicted molar refractivity (Wildman–Crippen MR) is 74.0 cm³/mol. The Bertz CT molecular complexity index is 478. The summed E-state index contributed by atoms with van der Waals surface area (Å²) in [5.41, 5.74) is 5.67. The van der Waals surface area contributed by atoms with Gasteiger partial charge in [0.1, 0.15) is 11.5 Å². The second kappa shape index (κ2) is 5.13. The van der Waals surface area contributed by atoms with Crippen LogP contribution in [0.1, 0.15) is 23.8 Å². The molecule has 6 heteroatoms. The lowest BCUT2D eigenvalue weighted by molar-refractivity contribution is 0.0995. The lowest BCUT2D eigenvalue weighted by Crippen LogP contribution is -2.36. The van der Waals surface area contributed by atoms with Crippen LogP contribution in [-0.2, 0) is 0 Å². The van der Waals surface area contributed by atoms with Crippen molar-refractivity contribution in [2.24, 2.45) is 11.1 Å². The molecule has 0 aliphatic carbocycles. The van der Waals surface area contributed by atoms with E-state index in [1.165, 1.54) is 6.20 Å². The molecule has 1 saturated heterocycles. The summed E-state index contributed by atoms with van der Waals surface area (Å²) in [6, 6.07) is 0. The first-order chi connectivity index (χ1) is 8.89. The van der Waals surface area contributed by atoms with Crippen molar-refractivity contribution in [3.05, 3.63) is 18.1 Å². The molecule has 1 aromatic rings. The molecule has 1 atom stereocenters. The van der Waals surface area contributed by atoms with Gasteiger partial charge in [-0.05, 0) is 25.4 Å². The van der Waals surface area contributed by atoms with Gasteiger partial charge in [-0.25, -0.2) is 4.98 Å². The number of primary amides is 1. The number of hydrogen-bond acceptors (Lipinski definition) is 5. The molecular formula is C13H21N5O. The van der Waals surface area contributed by atoms with E-state index in [-0.39, 0.29) is 11.1 Å². The average Bonchev–Trinajstić information content (AvgIpc) is 2.69. The highest BCUT2D eigenvalue weighted by molar-refractivity contribution is 5.90. The number of carbonyl (C=O) groups excluding carboxylic acids is 1. The Hall–Kier alpha value is -1.69. The Morgan fingerprint density at radius 1 is 1.58 bits per heavy atom. The molecule has 2 heterocycles. The van der Waals surface area contributed by atoms with E-state index in [4.69, 9.17) is 5.73 Å². The number of amides is 1. The Balaban J connectivity index is 2.09. The van der Waals surface area contributed by atoms with Crippen LogP contribution < -0.4 is 10.6 Å². The van der Waals surface area contributed by atoms with E-state index >= 15 is 0 Å². The maximum atomic E-state index is 11.1. The summed E-state index contributed by atoms with van der Waals surface area (Å²) in [7, 11) is 4.11. The quantitative estimate of drug-likeness (QED) is 0.848. The number of anilines is 1. The first kappa shape index (κ1) is 13.7. The molecular weight excluding hydrogens is 242 g/mol. The maximum absolute atomic E-state index is 11.1. The fourth-order valence-corrected chi connectivity index (χ4v) is 2.71. The lowest BCUT2D eigenvalue weighted by atomic mass is 9.89. The summed E-state index contributed by atoms with van der Waals surface area (Å²) >= 11 is 0. The van der Waals surface area contributed by atoms with E-state index in [1.54, 1.807) is 6.20 Å². The number of aromatic nitrogens is 2. The van der Waals surface area contributed by atoms with Gasteiger partial charge in [-0.1, -0.05) is 6.92 Å². The van der Waals surface area contributed by atoms with Crippen molar-refractivity contribution in [2.45, 2.75) is 13.3 Å². The molecule has 0 saturated carbocycles. The van der Waals surface area contributed by atoms with Gasteiger partial charge in [-0.2, -0.15) is 0 Å². The summed E-state index contributed by atoms with van der Waals surface area (Å²) in [4.78, 5) is 23.8. The molecule has 1 unspecified atom stereocenters. The molecule has 1 amide bonds. The number of hydrogen-bond donors (Lipinski definition) is 1. The topological polar surface area (TPSA) is 75.3 Å². The summed E-state index contributed by atoms with van der Waals surface area (Å²) in [5.74, 6) is 0.140. The average molecular weight is 263 g/mol.